The number of carbonyl (C=O) groups is 1. The van der Waals surface area contributed by atoms with Gasteiger partial charge < -0.3 is 5.11 Å². The van der Waals surface area contributed by atoms with Crippen molar-refractivity contribution < 1.29 is 9.90 Å². The number of benzene rings is 1. The Morgan fingerprint density at radius 3 is 2.72 bits per heavy atom. The van der Waals surface area contributed by atoms with Crippen molar-refractivity contribution in [3.63, 3.8) is 0 Å². The highest BCUT2D eigenvalue weighted by atomic mass is 16.4. The lowest BCUT2D eigenvalue weighted by atomic mass is 10.1. The van der Waals surface area contributed by atoms with E-state index < -0.39 is 5.97 Å². The molecule has 1 unspecified atom stereocenters. The minimum atomic E-state index is -0.912. The van der Waals surface area contributed by atoms with Crippen LogP contribution in [0.5, 0.6) is 0 Å². The molecule has 0 amide bonds. The Hall–Kier alpha value is -1.61. The Labute approximate surface area is 108 Å². The number of carboxylic acids is 1. The Morgan fingerprint density at radius 2 is 2.17 bits per heavy atom. The van der Waals surface area contributed by atoms with Gasteiger partial charge in [-0.05, 0) is 43.5 Å². The number of hydrogen-bond donors (Lipinski definition) is 1. The molecule has 0 spiro atoms. The predicted octanol–water partition coefficient (Wildman–Crippen LogP) is 2.77. The molecular formula is C15H19NO2. The summed E-state index contributed by atoms with van der Waals surface area (Å²) in [5, 5.41) is 8.55. The standard InChI is InChI=1S/C15H19NO2/c1-12-3-2-10-16(12)11-14-6-4-13(5-7-14)8-9-15(17)18/h4-9,12H,2-3,10-11H2,1H3,(H,17,18)/b9-8+. The van der Waals surface area contributed by atoms with Gasteiger partial charge in [-0.3, -0.25) is 4.90 Å². The largest absolute Gasteiger partial charge is 0.478 e. The number of hydrogen-bond acceptors (Lipinski definition) is 2. The molecule has 3 heteroatoms. The number of aliphatic carboxylic acids is 1. The molecule has 0 saturated carbocycles. The van der Waals surface area contributed by atoms with Gasteiger partial charge in [-0.15, -0.1) is 0 Å². The van der Waals surface area contributed by atoms with E-state index in [2.05, 4.69) is 24.0 Å². The Balaban J connectivity index is 1.97. The molecule has 0 aromatic heterocycles. The van der Waals surface area contributed by atoms with Gasteiger partial charge in [0.2, 0.25) is 0 Å². The van der Waals surface area contributed by atoms with Crippen LogP contribution >= 0.6 is 0 Å². The Bertz CT molecular complexity index is 436. The second-order valence-electron chi connectivity index (χ2n) is 4.87. The zero-order valence-corrected chi connectivity index (χ0v) is 10.7. The average molecular weight is 245 g/mol. The van der Waals surface area contributed by atoms with E-state index in [0.717, 1.165) is 18.2 Å². The second-order valence-corrected chi connectivity index (χ2v) is 4.87. The van der Waals surface area contributed by atoms with Gasteiger partial charge in [0, 0.05) is 18.7 Å². The van der Waals surface area contributed by atoms with E-state index >= 15 is 0 Å². The van der Waals surface area contributed by atoms with Gasteiger partial charge in [-0.25, -0.2) is 4.79 Å². The van der Waals surface area contributed by atoms with Crippen molar-refractivity contribution in [2.45, 2.75) is 32.4 Å². The van der Waals surface area contributed by atoms with Crippen LogP contribution in [0.3, 0.4) is 0 Å². The van der Waals surface area contributed by atoms with Crippen molar-refractivity contribution in [1.29, 1.82) is 0 Å². The summed E-state index contributed by atoms with van der Waals surface area (Å²) in [6.07, 6.45) is 5.36. The first-order valence-electron chi connectivity index (χ1n) is 6.39. The first-order chi connectivity index (χ1) is 8.65. The second kappa shape index (κ2) is 5.83. The Morgan fingerprint density at radius 1 is 1.44 bits per heavy atom. The van der Waals surface area contributed by atoms with Crippen LogP contribution in [0.2, 0.25) is 0 Å². The topological polar surface area (TPSA) is 40.5 Å². The highest BCUT2D eigenvalue weighted by molar-refractivity contribution is 5.85. The van der Waals surface area contributed by atoms with Gasteiger partial charge in [0.05, 0.1) is 0 Å². The van der Waals surface area contributed by atoms with Crippen LogP contribution in [0.15, 0.2) is 30.3 Å². The van der Waals surface area contributed by atoms with Crippen LogP contribution in [0.1, 0.15) is 30.9 Å². The summed E-state index contributed by atoms with van der Waals surface area (Å²) < 4.78 is 0. The van der Waals surface area contributed by atoms with Gasteiger partial charge in [0.25, 0.3) is 0 Å². The molecule has 3 nitrogen and oxygen atoms in total. The van der Waals surface area contributed by atoms with Crippen molar-refractivity contribution in [3.05, 3.63) is 41.5 Å². The molecule has 1 heterocycles. The quantitative estimate of drug-likeness (QED) is 0.829. The summed E-state index contributed by atoms with van der Waals surface area (Å²) in [4.78, 5) is 12.9. The average Bonchev–Trinajstić information content (AvgIpc) is 2.74. The zero-order chi connectivity index (χ0) is 13.0. The first-order valence-corrected chi connectivity index (χ1v) is 6.39. The van der Waals surface area contributed by atoms with Gasteiger partial charge in [-0.1, -0.05) is 24.3 Å². The van der Waals surface area contributed by atoms with E-state index in [1.807, 2.05) is 12.1 Å². The normalized spacial score (nSPS) is 20.6. The van der Waals surface area contributed by atoms with E-state index in [9.17, 15) is 4.79 Å². The van der Waals surface area contributed by atoms with Crippen molar-refractivity contribution in [3.8, 4) is 0 Å². The highest BCUT2D eigenvalue weighted by Gasteiger charge is 2.19. The summed E-state index contributed by atoms with van der Waals surface area (Å²) in [7, 11) is 0. The molecule has 1 aliphatic rings. The molecule has 1 atom stereocenters. The van der Waals surface area contributed by atoms with Crippen LogP contribution in [-0.2, 0) is 11.3 Å². The third-order valence-corrected chi connectivity index (χ3v) is 3.47. The van der Waals surface area contributed by atoms with Crippen LogP contribution in [0.4, 0.5) is 0 Å². The smallest absolute Gasteiger partial charge is 0.328 e. The van der Waals surface area contributed by atoms with Crippen LogP contribution in [-0.4, -0.2) is 28.6 Å². The third-order valence-electron chi connectivity index (χ3n) is 3.47. The molecule has 1 aromatic carbocycles. The monoisotopic (exact) mass is 245 g/mol. The molecule has 1 fully saturated rings. The molecule has 0 bridgehead atoms. The maximum atomic E-state index is 10.4. The number of likely N-dealkylation sites (tertiary alicyclic amines) is 1. The zero-order valence-electron chi connectivity index (χ0n) is 10.7. The molecular weight excluding hydrogens is 226 g/mol. The minimum Gasteiger partial charge on any atom is -0.478 e. The van der Waals surface area contributed by atoms with E-state index in [4.69, 9.17) is 5.11 Å². The molecule has 1 N–H and O–H groups in total. The minimum absolute atomic E-state index is 0.677. The summed E-state index contributed by atoms with van der Waals surface area (Å²) >= 11 is 0. The summed E-state index contributed by atoms with van der Waals surface area (Å²) in [5.41, 5.74) is 2.21. The van der Waals surface area contributed by atoms with Crippen molar-refractivity contribution in [2.75, 3.05) is 6.54 Å². The lowest BCUT2D eigenvalue weighted by Gasteiger charge is -2.20. The lowest BCUT2D eigenvalue weighted by molar-refractivity contribution is -0.131. The van der Waals surface area contributed by atoms with Crippen LogP contribution in [0, 0.1) is 0 Å². The fourth-order valence-electron chi connectivity index (χ4n) is 2.36. The number of carboxylic acid groups (broad SMARTS) is 1. The summed E-state index contributed by atoms with van der Waals surface area (Å²) in [6.45, 7) is 4.45. The third kappa shape index (κ3) is 3.44. The van der Waals surface area contributed by atoms with E-state index in [1.165, 1.54) is 24.9 Å². The first kappa shape index (κ1) is 12.8. The number of nitrogens with zero attached hydrogens (tertiary/aromatic N) is 1. The molecule has 2 rings (SSSR count). The van der Waals surface area contributed by atoms with Gasteiger partial charge in [0.15, 0.2) is 0 Å². The van der Waals surface area contributed by atoms with Gasteiger partial charge in [-0.2, -0.15) is 0 Å². The van der Waals surface area contributed by atoms with Gasteiger partial charge >= 0.3 is 5.97 Å². The van der Waals surface area contributed by atoms with E-state index in [1.54, 1.807) is 6.08 Å². The summed E-state index contributed by atoms with van der Waals surface area (Å²) in [6, 6.07) is 8.76. The molecule has 0 radical (unpaired) electrons. The molecule has 1 saturated heterocycles. The summed E-state index contributed by atoms with van der Waals surface area (Å²) in [5.74, 6) is -0.912. The molecule has 18 heavy (non-hydrogen) atoms. The molecule has 1 aromatic rings. The maximum Gasteiger partial charge on any atom is 0.328 e. The number of rotatable bonds is 4. The molecule has 96 valence electrons. The maximum absolute atomic E-state index is 10.4. The van der Waals surface area contributed by atoms with Crippen LogP contribution in [0.25, 0.3) is 6.08 Å². The van der Waals surface area contributed by atoms with Crippen LogP contribution < -0.4 is 0 Å². The van der Waals surface area contributed by atoms with E-state index in [-0.39, 0.29) is 0 Å². The van der Waals surface area contributed by atoms with Crippen molar-refractivity contribution in [2.24, 2.45) is 0 Å². The van der Waals surface area contributed by atoms with Crippen molar-refractivity contribution >= 4 is 12.0 Å². The highest BCUT2D eigenvalue weighted by Crippen LogP contribution is 2.19. The SMILES string of the molecule is CC1CCCN1Cc1ccc(/C=C/C(=O)O)cc1. The fourth-order valence-corrected chi connectivity index (χ4v) is 2.36. The fraction of sp³-hybridized carbons (Fsp3) is 0.400. The van der Waals surface area contributed by atoms with Gasteiger partial charge in [0.1, 0.15) is 0 Å². The lowest BCUT2D eigenvalue weighted by Crippen LogP contribution is -2.26. The van der Waals surface area contributed by atoms with E-state index in [0.29, 0.717) is 6.04 Å². The molecule has 1 aliphatic heterocycles. The predicted molar refractivity (Wildman–Crippen MR) is 72.2 cm³/mol. The Kier molecular flexibility index (Phi) is 4.15. The molecule has 0 aliphatic carbocycles. The van der Waals surface area contributed by atoms with Crippen molar-refractivity contribution in [1.82, 2.24) is 4.90 Å².